The first kappa shape index (κ1) is 19.9. The van der Waals surface area contributed by atoms with Crippen LogP contribution in [0.25, 0.3) is 21.5 Å². The predicted molar refractivity (Wildman–Crippen MR) is 110 cm³/mol. The van der Waals surface area contributed by atoms with Crippen molar-refractivity contribution in [1.82, 2.24) is 4.98 Å². The number of fused-ring (bicyclic) bond motifs is 1. The van der Waals surface area contributed by atoms with Crippen molar-refractivity contribution in [2.45, 2.75) is 12.8 Å². The highest BCUT2D eigenvalue weighted by atomic mass is 32.1. The molecule has 8 heteroatoms. The van der Waals surface area contributed by atoms with Gasteiger partial charge in [0, 0.05) is 10.9 Å². The van der Waals surface area contributed by atoms with Gasteiger partial charge in [0.25, 0.3) is 0 Å². The summed E-state index contributed by atoms with van der Waals surface area (Å²) in [5.41, 5.74) is 6.21. The minimum absolute atomic E-state index is 0.0117. The summed E-state index contributed by atoms with van der Waals surface area (Å²) in [4.78, 5) is 16.8. The SMILES string of the molecule is Nc1c(C(=O)OCc2ccccc2)sc2nc(-c3ccccc3)cc(C(F)(F)F)c12. The Morgan fingerprint density at radius 2 is 1.67 bits per heavy atom. The Morgan fingerprint density at radius 1 is 1.03 bits per heavy atom. The highest BCUT2D eigenvalue weighted by Gasteiger charge is 2.36. The van der Waals surface area contributed by atoms with Crippen molar-refractivity contribution < 1.29 is 22.7 Å². The molecule has 0 radical (unpaired) electrons. The number of esters is 1. The van der Waals surface area contributed by atoms with Gasteiger partial charge < -0.3 is 10.5 Å². The molecule has 0 bridgehead atoms. The quantitative estimate of drug-likeness (QED) is 0.410. The molecular weight excluding hydrogens is 413 g/mol. The van der Waals surface area contributed by atoms with Gasteiger partial charge in [0.1, 0.15) is 16.3 Å². The largest absolute Gasteiger partial charge is 0.457 e. The third-order valence-electron chi connectivity index (χ3n) is 4.47. The number of benzene rings is 2. The van der Waals surface area contributed by atoms with Gasteiger partial charge in [-0.05, 0) is 11.6 Å². The van der Waals surface area contributed by atoms with E-state index >= 15 is 0 Å². The van der Waals surface area contributed by atoms with E-state index in [1.807, 2.05) is 6.07 Å². The average Bonchev–Trinajstić information content (AvgIpc) is 3.08. The zero-order valence-corrected chi connectivity index (χ0v) is 16.3. The molecule has 2 heterocycles. The van der Waals surface area contributed by atoms with E-state index in [9.17, 15) is 18.0 Å². The molecule has 0 amide bonds. The molecule has 0 unspecified atom stereocenters. The van der Waals surface area contributed by atoms with Crippen LogP contribution >= 0.6 is 11.3 Å². The van der Waals surface area contributed by atoms with Crippen LogP contribution in [0.4, 0.5) is 18.9 Å². The fraction of sp³-hybridized carbons (Fsp3) is 0.0909. The highest BCUT2D eigenvalue weighted by Crippen LogP contribution is 2.43. The lowest BCUT2D eigenvalue weighted by Crippen LogP contribution is -2.09. The van der Waals surface area contributed by atoms with Crippen molar-refractivity contribution in [2.75, 3.05) is 5.73 Å². The van der Waals surface area contributed by atoms with Gasteiger partial charge >= 0.3 is 12.1 Å². The monoisotopic (exact) mass is 428 g/mol. The molecule has 4 nitrogen and oxygen atoms in total. The molecule has 0 saturated carbocycles. The summed E-state index contributed by atoms with van der Waals surface area (Å²) in [6.07, 6.45) is -4.66. The summed E-state index contributed by atoms with van der Waals surface area (Å²) in [5, 5.41) is -0.279. The van der Waals surface area contributed by atoms with Crippen LogP contribution in [0.3, 0.4) is 0 Å². The fourth-order valence-electron chi connectivity index (χ4n) is 3.04. The number of hydrogen-bond acceptors (Lipinski definition) is 5. The van der Waals surface area contributed by atoms with E-state index in [2.05, 4.69) is 4.98 Å². The molecule has 2 N–H and O–H groups in total. The number of pyridine rings is 1. The zero-order chi connectivity index (χ0) is 21.3. The van der Waals surface area contributed by atoms with Crippen LogP contribution in [0.1, 0.15) is 20.8 Å². The summed E-state index contributed by atoms with van der Waals surface area (Å²) in [7, 11) is 0. The standard InChI is InChI=1S/C22H15F3N2O2S/c23-22(24,25)15-11-16(14-9-5-2-6-10-14)27-20-17(15)18(26)19(30-20)21(28)29-12-13-7-3-1-4-8-13/h1-11H,12,26H2. The van der Waals surface area contributed by atoms with Gasteiger partial charge in [-0.2, -0.15) is 13.2 Å². The van der Waals surface area contributed by atoms with E-state index in [4.69, 9.17) is 10.5 Å². The molecule has 152 valence electrons. The van der Waals surface area contributed by atoms with Crippen LogP contribution < -0.4 is 5.73 Å². The number of thiophene rings is 1. The summed E-state index contributed by atoms with van der Waals surface area (Å²) < 4.78 is 46.6. The van der Waals surface area contributed by atoms with E-state index in [0.717, 1.165) is 23.0 Å². The van der Waals surface area contributed by atoms with Gasteiger partial charge in [-0.3, -0.25) is 0 Å². The van der Waals surface area contributed by atoms with E-state index in [0.29, 0.717) is 5.56 Å². The second-order valence-corrected chi connectivity index (χ2v) is 7.50. The van der Waals surface area contributed by atoms with Crippen molar-refractivity contribution in [2.24, 2.45) is 0 Å². The lowest BCUT2D eigenvalue weighted by Gasteiger charge is -2.11. The zero-order valence-electron chi connectivity index (χ0n) is 15.4. The van der Waals surface area contributed by atoms with Crippen LogP contribution in [0, 0.1) is 0 Å². The van der Waals surface area contributed by atoms with Crippen LogP contribution in [0.15, 0.2) is 66.7 Å². The van der Waals surface area contributed by atoms with E-state index in [-0.39, 0.29) is 33.1 Å². The van der Waals surface area contributed by atoms with Gasteiger partial charge in [0.2, 0.25) is 0 Å². The Morgan fingerprint density at radius 3 is 2.30 bits per heavy atom. The van der Waals surface area contributed by atoms with E-state index < -0.39 is 17.7 Å². The molecule has 0 spiro atoms. The minimum atomic E-state index is -4.66. The van der Waals surface area contributed by atoms with Crippen LogP contribution in [0.2, 0.25) is 0 Å². The Hall–Kier alpha value is -3.39. The molecule has 0 aliphatic carbocycles. The maximum Gasteiger partial charge on any atom is 0.417 e. The van der Waals surface area contributed by atoms with Gasteiger partial charge in [0.05, 0.1) is 16.9 Å². The van der Waals surface area contributed by atoms with Crippen molar-refractivity contribution in [3.8, 4) is 11.3 Å². The number of ether oxygens (including phenoxy) is 1. The number of hydrogen-bond donors (Lipinski definition) is 1. The minimum Gasteiger partial charge on any atom is -0.457 e. The van der Waals surface area contributed by atoms with Crippen LogP contribution in [0.5, 0.6) is 0 Å². The fourth-order valence-corrected chi connectivity index (χ4v) is 4.06. The smallest absolute Gasteiger partial charge is 0.417 e. The highest BCUT2D eigenvalue weighted by molar-refractivity contribution is 7.21. The Kier molecular flexibility index (Phi) is 5.17. The number of anilines is 1. The summed E-state index contributed by atoms with van der Waals surface area (Å²) >= 11 is 0.796. The average molecular weight is 428 g/mol. The maximum atomic E-state index is 13.8. The molecule has 4 rings (SSSR count). The molecule has 0 atom stereocenters. The first-order valence-corrected chi connectivity index (χ1v) is 9.73. The number of nitrogens with two attached hydrogens (primary N) is 1. The predicted octanol–water partition coefficient (Wildman–Crippen LogP) is 5.92. The lowest BCUT2D eigenvalue weighted by molar-refractivity contribution is -0.136. The first-order valence-electron chi connectivity index (χ1n) is 8.91. The summed E-state index contributed by atoms with van der Waals surface area (Å²) in [6.45, 7) is -0.0117. The number of aromatic nitrogens is 1. The second-order valence-electron chi connectivity index (χ2n) is 6.51. The van der Waals surface area contributed by atoms with Gasteiger partial charge in [0.15, 0.2) is 0 Å². The van der Waals surface area contributed by atoms with Gasteiger partial charge in [-0.25, -0.2) is 9.78 Å². The third kappa shape index (κ3) is 3.86. The van der Waals surface area contributed by atoms with Gasteiger partial charge in [-0.15, -0.1) is 11.3 Å². The van der Waals surface area contributed by atoms with E-state index in [1.165, 1.54) is 0 Å². The van der Waals surface area contributed by atoms with Crippen molar-refractivity contribution in [3.05, 3.63) is 82.7 Å². The summed E-state index contributed by atoms with van der Waals surface area (Å²) in [6, 6.07) is 18.4. The molecule has 4 aromatic rings. The maximum absolute atomic E-state index is 13.8. The molecule has 0 aliphatic rings. The third-order valence-corrected chi connectivity index (χ3v) is 5.55. The molecule has 2 aromatic carbocycles. The molecular formula is C22H15F3N2O2S. The van der Waals surface area contributed by atoms with Gasteiger partial charge in [-0.1, -0.05) is 60.7 Å². The molecule has 0 fully saturated rings. The van der Waals surface area contributed by atoms with Crippen molar-refractivity contribution in [1.29, 1.82) is 0 Å². The normalized spacial score (nSPS) is 11.6. The first-order chi connectivity index (χ1) is 14.3. The summed E-state index contributed by atoms with van der Waals surface area (Å²) in [5.74, 6) is -0.784. The topological polar surface area (TPSA) is 65.2 Å². The Balaban J connectivity index is 1.77. The van der Waals surface area contributed by atoms with Crippen molar-refractivity contribution >= 4 is 33.2 Å². The van der Waals surface area contributed by atoms with E-state index in [1.54, 1.807) is 54.6 Å². The number of carbonyl (C=O) groups excluding carboxylic acids is 1. The number of nitrogen functional groups attached to an aromatic ring is 1. The molecule has 0 aliphatic heterocycles. The van der Waals surface area contributed by atoms with Crippen molar-refractivity contribution in [3.63, 3.8) is 0 Å². The van der Waals surface area contributed by atoms with Crippen LogP contribution in [-0.2, 0) is 17.5 Å². The Bertz CT molecular complexity index is 1210. The lowest BCUT2D eigenvalue weighted by atomic mass is 10.1. The Labute approximate surface area is 173 Å². The number of nitrogens with zero attached hydrogens (tertiary/aromatic N) is 1. The van der Waals surface area contributed by atoms with Crippen LogP contribution in [-0.4, -0.2) is 11.0 Å². The molecule has 30 heavy (non-hydrogen) atoms. The number of halogens is 3. The molecule has 0 saturated heterocycles. The molecule has 2 aromatic heterocycles. The number of carbonyl (C=O) groups is 1. The number of alkyl halides is 3. The number of rotatable bonds is 4. The second kappa shape index (κ2) is 7.79.